The summed E-state index contributed by atoms with van der Waals surface area (Å²) in [4.78, 5) is 0. The van der Waals surface area contributed by atoms with Crippen LogP contribution in [0.5, 0.6) is 11.5 Å². The second kappa shape index (κ2) is 8.54. The summed E-state index contributed by atoms with van der Waals surface area (Å²) < 4.78 is 13.4. The van der Waals surface area contributed by atoms with E-state index in [4.69, 9.17) is 26.8 Å². The number of benzene rings is 1. The van der Waals surface area contributed by atoms with Crippen molar-refractivity contribution in [1.29, 1.82) is 0 Å². The van der Waals surface area contributed by atoms with Gasteiger partial charge in [-0.25, -0.2) is 4.68 Å². The second-order valence-electron chi connectivity index (χ2n) is 4.76. The Hall–Kier alpha value is -2.06. The molecule has 0 saturated carbocycles. The van der Waals surface area contributed by atoms with Crippen molar-refractivity contribution < 1.29 is 14.6 Å². The minimum atomic E-state index is -0.0343. The van der Waals surface area contributed by atoms with Gasteiger partial charge in [0.05, 0.1) is 19.8 Å². The zero-order chi connectivity index (χ0) is 16.7. The van der Waals surface area contributed by atoms with Gasteiger partial charge in [0.1, 0.15) is 6.61 Å². The van der Waals surface area contributed by atoms with Crippen molar-refractivity contribution in [2.75, 3.05) is 25.2 Å². The molecule has 1 aromatic heterocycles. The Morgan fingerprint density at radius 2 is 2.13 bits per heavy atom. The smallest absolute Gasteiger partial charge is 0.214 e. The van der Waals surface area contributed by atoms with Crippen LogP contribution in [0.4, 0.5) is 0 Å². The van der Waals surface area contributed by atoms with Gasteiger partial charge in [-0.05, 0) is 36.8 Å². The Morgan fingerprint density at radius 1 is 1.30 bits per heavy atom. The van der Waals surface area contributed by atoms with Crippen LogP contribution in [0.3, 0.4) is 0 Å². The Balaban J connectivity index is 2.12. The van der Waals surface area contributed by atoms with Gasteiger partial charge in [0, 0.05) is 6.42 Å². The highest BCUT2D eigenvalue weighted by Crippen LogP contribution is 2.28. The Bertz CT molecular complexity index is 684. The van der Waals surface area contributed by atoms with Crippen molar-refractivity contribution in [2.24, 2.45) is 0 Å². The molecule has 0 bridgehead atoms. The number of aromatic amines is 1. The molecule has 7 nitrogen and oxygen atoms in total. The normalized spacial score (nSPS) is 10.6. The molecular weight excluding hydrogens is 316 g/mol. The standard InChI is InChI=1S/C15H22N4O3S/c1-3-14-17-18-15(23)19(14)16-10-11-5-6-12(22-8-7-20)13(9-11)21-4-2/h5-6,9,16,20H,3-4,7-8,10H2,1-2H3,(H,18,23). The summed E-state index contributed by atoms with van der Waals surface area (Å²) in [6.45, 7) is 5.25. The lowest BCUT2D eigenvalue weighted by molar-refractivity contribution is 0.194. The predicted molar refractivity (Wildman–Crippen MR) is 90.0 cm³/mol. The van der Waals surface area contributed by atoms with Crippen LogP contribution in [0.15, 0.2) is 18.2 Å². The number of hydrogen-bond acceptors (Lipinski definition) is 6. The van der Waals surface area contributed by atoms with Crippen molar-refractivity contribution >= 4 is 12.2 Å². The molecule has 1 aromatic carbocycles. The molecule has 2 rings (SSSR count). The fourth-order valence-electron chi connectivity index (χ4n) is 2.11. The average Bonchev–Trinajstić information content (AvgIpc) is 2.92. The minimum absolute atomic E-state index is 0.0343. The minimum Gasteiger partial charge on any atom is -0.490 e. The van der Waals surface area contributed by atoms with Gasteiger partial charge in [0.2, 0.25) is 4.77 Å². The summed E-state index contributed by atoms with van der Waals surface area (Å²) in [7, 11) is 0. The molecule has 0 aliphatic rings. The van der Waals surface area contributed by atoms with Crippen molar-refractivity contribution in [3.05, 3.63) is 34.4 Å². The molecule has 23 heavy (non-hydrogen) atoms. The zero-order valence-corrected chi connectivity index (χ0v) is 14.2. The maximum absolute atomic E-state index is 8.87. The van der Waals surface area contributed by atoms with E-state index in [0.717, 1.165) is 17.8 Å². The number of aliphatic hydroxyl groups is 1. The molecule has 0 unspecified atom stereocenters. The number of aryl methyl sites for hydroxylation is 1. The Labute approximate surface area is 140 Å². The third-order valence-corrected chi connectivity index (χ3v) is 3.43. The number of nitrogens with one attached hydrogen (secondary N) is 2. The third-order valence-electron chi connectivity index (χ3n) is 3.16. The molecule has 1 heterocycles. The summed E-state index contributed by atoms with van der Waals surface area (Å²) in [6.07, 6.45) is 0.776. The molecule has 0 atom stereocenters. The highest BCUT2D eigenvalue weighted by Gasteiger charge is 2.08. The first kappa shape index (κ1) is 17.3. The van der Waals surface area contributed by atoms with Gasteiger partial charge in [0.25, 0.3) is 0 Å². The first-order chi connectivity index (χ1) is 11.2. The SMILES string of the molecule is CCOc1cc(CNn2c(CC)n[nH]c2=S)ccc1OCCO. The van der Waals surface area contributed by atoms with Crippen molar-refractivity contribution in [3.63, 3.8) is 0 Å². The molecule has 0 amide bonds. The van der Waals surface area contributed by atoms with Gasteiger partial charge in [-0.3, -0.25) is 5.10 Å². The molecule has 0 saturated heterocycles. The molecule has 3 N–H and O–H groups in total. The molecule has 0 radical (unpaired) electrons. The zero-order valence-electron chi connectivity index (χ0n) is 13.3. The highest BCUT2D eigenvalue weighted by molar-refractivity contribution is 7.71. The van der Waals surface area contributed by atoms with Gasteiger partial charge in [-0.15, -0.1) is 0 Å². The van der Waals surface area contributed by atoms with E-state index in [9.17, 15) is 0 Å². The quantitative estimate of drug-likeness (QED) is 0.607. The lowest BCUT2D eigenvalue weighted by Crippen LogP contribution is -2.17. The van der Waals surface area contributed by atoms with E-state index in [2.05, 4.69) is 15.6 Å². The molecule has 0 fully saturated rings. The van der Waals surface area contributed by atoms with E-state index in [-0.39, 0.29) is 13.2 Å². The molecule has 0 spiro atoms. The number of H-pyrrole nitrogens is 1. The van der Waals surface area contributed by atoms with Crippen LogP contribution in [0, 0.1) is 4.77 Å². The molecular formula is C15H22N4O3S. The lowest BCUT2D eigenvalue weighted by atomic mass is 10.2. The molecule has 2 aromatic rings. The Morgan fingerprint density at radius 3 is 2.83 bits per heavy atom. The van der Waals surface area contributed by atoms with E-state index in [1.54, 1.807) is 4.68 Å². The highest BCUT2D eigenvalue weighted by atomic mass is 32.1. The van der Waals surface area contributed by atoms with E-state index in [0.29, 0.717) is 29.4 Å². The van der Waals surface area contributed by atoms with Crippen LogP contribution in [-0.4, -0.2) is 39.8 Å². The number of nitrogens with zero attached hydrogens (tertiary/aromatic N) is 2. The van der Waals surface area contributed by atoms with Gasteiger partial charge >= 0.3 is 0 Å². The van der Waals surface area contributed by atoms with Crippen LogP contribution >= 0.6 is 12.2 Å². The largest absolute Gasteiger partial charge is 0.490 e. The van der Waals surface area contributed by atoms with E-state index in [1.165, 1.54) is 0 Å². The number of hydrogen-bond donors (Lipinski definition) is 3. The number of aliphatic hydroxyl groups excluding tert-OH is 1. The van der Waals surface area contributed by atoms with Gasteiger partial charge < -0.3 is 20.0 Å². The fourth-order valence-corrected chi connectivity index (χ4v) is 2.32. The number of ether oxygens (including phenoxy) is 2. The van der Waals surface area contributed by atoms with Gasteiger partial charge in [0.15, 0.2) is 17.3 Å². The number of aromatic nitrogens is 3. The van der Waals surface area contributed by atoms with E-state index < -0.39 is 0 Å². The second-order valence-corrected chi connectivity index (χ2v) is 5.14. The summed E-state index contributed by atoms with van der Waals surface area (Å²) >= 11 is 5.20. The summed E-state index contributed by atoms with van der Waals surface area (Å²) in [5.41, 5.74) is 4.27. The van der Waals surface area contributed by atoms with Crippen LogP contribution in [-0.2, 0) is 13.0 Å². The summed E-state index contributed by atoms with van der Waals surface area (Å²) in [5, 5.41) is 15.8. The molecule has 126 valence electrons. The molecule has 0 aliphatic carbocycles. The fraction of sp³-hybridized carbons (Fsp3) is 0.467. The summed E-state index contributed by atoms with van der Waals surface area (Å²) in [6, 6.07) is 5.70. The topological polar surface area (TPSA) is 84.3 Å². The molecule has 8 heteroatoms. The van der Waals surface area contributed by atoms with Gasteiger partial charge in [-0.2, -0.15) is 5.10 Å². The van der Waals surface area contributed by atoms with Crippen molar-refractivity contribution in [1.82, 2.24) is 14.9 Å². The lowest BCUT2D eigenvalue weighted by Gasteiger charge is -2.14. The van der Waals surface area contributed by atoms with Gasteiger partial charge in [-0.1, -0.05) is 13.0 Å². The maximum atomic E-state index is 8.87. The van der Waals surface area contributed by atoms with Crippen LogP contribution in [0.2, 0.25) is 0 Å². The maximum Gasteiger partial charge on any atom is 0.214 e. The average molecular weight is 338 g/mol. The number of rotatable bonds is 9. The van der Waals surface area contributed by atoms with Crippen molar-refractivity contribution in [2.45, 2.75) is 26.8 Å². The predicted octanol–water partition coefficient (Wildman–Crippen LogP) is 2.02. The third kappa shape index (κ3) is 4.46. The van der Waals surface area contributed by atoms with E-state index in [1.807, 2.05) is 32.0 Å². The van der Waals surface area contributed by atoms with Crippen LogP contribution in [0.25, 0.3) is 0 Å². The summed E-state index contributed by atoms with van der Waals surface area (Å²) in [5.74, 6) is 2.13. The first-order valence-corrected chi connectivity index (χ1v) is 8.00. The molecule has 0 aliphatic heterocycles. The van der Waals surface area contributed by atoms with Crippen LogP contribution in [0.1, 0.15) is 25.2 Å². The monoisotopic (exact) mass is 338 g/mol. The first-order valence-electron chi connectivity index (χ1n) is 7.59. The van der Waals surface area contributed by atoms with Crippen LogP contribution < -0.4 is 14.9 Å². The van der Waals surface area contributed by atoms with E-state index >= 15 is 0 Å². The van der Waals surface area contributed by atoms with Crippen molar-refractivity contribution in [3.8, 4) is 11.5 Å². The Kier molecular flexibility index (Phi) is 6.42.